The van der Waals surface area contributed by atoms with Gasteiger partial charge in [-0.2, -0.15) is 4.31 Å². The van der Waals surface area contributed by atoms with Crippen molar-refractivity contribution in [1.82, 2.24) is 23.7 Å². The van der Waals surface area contributed by atoms with Crippen LogP contribution in [0, 0.1) is 5.41 Å². The molecule has 9 heteroatoms. The molecule has 3 fully saturated rings. The molecule has 2 aliphatic heterocycles. The average molecular weight is 444 g/mol. The van der Waals surface area contributed by atoms with Gasteiger partial charge in [-0.1, -0.05) is 19.3 Å². The summed E-state index contributed by atoms with van der Waals surface area (Å²) in [4.78, 5) is 23.7. The molecule has 1 spiro atoms. The zero-order valence-corrected chi connectivity index (χ0v) is 18.7. The van der Waals surface area contributed by atoms with Crippen LogP contribution >= 0.6 is 0 Å². The van der Waals surface area contributed by atoms with Gasteiger partial charge >= 0.3 is 0 Å². The van der Waals surface area contributed by atoms with E-state index in [0.717, 1.165) is 31.2 Å². The van der Waals surface area contributed by atoms with Gasteiger partial charge < -0.3 is 9.47 Å². The van der Waals surface area contributed by atoms with Crippen molar-refractivity contribution >= 4 is 15.9 Å². The van der Waals surface area contributed by atoms with E-state index in [9.17, 15) is 13.2 Å². The van der Waals surface area contributed by atoms with Crippen LogP contribution in [0.3, 0.4) is 0 Å². The van der Waals surface area contributed by atoms with Gasteiger partial charge in [-0.25, -0.2) is 13.4 Å². The number of β-lactam (4-membered cyclic amide) rings is 1. The lowest BCUT2D eigenvalue weighted by molar-refractivity contribution is -0.186. The van der Waals surface area contributed by atoms with Crippen LogP contribution in [0.4, 0.5) is 0 Å². The molecule has 0 bridgehead atoms. The molecule has 1 amide bonds. The molecular weight excluding hydrogens is 414 g/mol. The Kier molecular flexibility index (Phi) is 5.13. The monoisotopic (exact) mass is 443 g/mol. The molecular formula is C22H29N5O3S. The molecule has 1 unspecified atom stereocenters. The molecule has 31 heavy (non-hydrogen) atoms. The van der Waals surface area contributed by atoms with Crippen molar-refractivity contribution in [1.29, 1.82) is 0 Å². The molecule has 0 N–H and O–H groups in total. The van der Waals surface area contributed by atoms with E-state index in [2.05, 4.69) is 14.9 Å². The second-order valence-corrected chi connectivity index (χ2v) is 11.0. The minimum atomic E-state index is -3.60. The van der Waals surface area contributed by atoms with Crippen LogP contribution in [0.25, 0.3) is 0 Å². The van der Waals surface area contributed by atoms with E-state index in [1.807, 2.05) is 12.1 Å². The summed E-state index contributed by atoms with van der Waals surface area (Å²) in [6.45, 7) is 0.812. The summed E-state index contributed by atoms with van der Waals surface area (Å²) >= 11 is 0. The van der Waals surface area contributed by atoms with Crippen molar-refractivity contribution in [3.63, 3.8) is 0 Å². The molecule has 1 aliphatic carbocycles. The normalized spacial score (nSPS) is 25.0. The molecule has 8 nitrogen and oxygen atoms in total. The van der Waals surface area contributed by atoms with Crippen LogP contribution in [0.5, 0.6) is 0 Å². The van der Waals surface area contributed by atoms with E-state index in [1.54, 1.807) is 24.0 Å². The first kappa shape index (κ1) is 20.6. The van der Waals surface area contributed by atoms with Gasteiger partial charge in [-0.3, -0.25) is 9.78 Å². The molecule has 4 heterocycles. The third-order valence-corrected chi connectivity index (χ3v) is 9.12. The van der Waals surface area contributed by atoms with Gasteiger partial charge in [0, 0.05) is 44.8 Å². The summed E-state index contributed by atoms with van der Waals surface area (Å²) in [6.07, 6.45) is 13.2. The van der Waals surface area contributed by atoms with Gasteiger partial charge in [0.2, 0.25) is 5.91 Å². The summed E-state index contributed by atoms with van der Waals surface area (Å²) in [5.41, 5.74) is 0.872. The SMILES string of the molecule is Cn1cnc(S(=O)(=O)N2CCC(N3C(=O)C4(CCCCC4)C3c3ccncc3)CC2)c1. The first-order valence-corrected chi connectivity index (χ1v) is 12.6. The predicted molar refractivity (Wildman–Crippen MR) is 114 cm³/mol. The number of nitrogens with zero attached hydrogens (tertiary/aromatic N) is 5. The van der Waals surface area contributed by atoms with E-state index in [-0.39, 0.29) is 28.4 Å². The smallest absolute Gasteiger partial charge is 0.262 e. The maximum atomic E-state index is 13.5. The first-order valence-electron chi connectivity index (χ1n) is 11.1. The number of aromatic nitrogens is 3. The average Bonchev–Trinajstić information content (AvgIpc) is 3.25. The molecule has 1 saturated carbocycles. The van der Waals surface area contributed by atoms with E-state index >= 15 is 0 Å². The number of likely N-dealkylation sites (tertiary alicyclic amines) is 1. The van der Waals surface area contributed by atoms with Gasteiger partial charge in [0.25, 0.3) is 10.0 Å². The fourth-order valence-corrected chi connectivity index (χ4v) is 7.21. The van der Waals surface area contributed by atoms with E-state index in [4.69, 9.17) is 0 Å². The Balaban J connectivity index is 1.35. The maximum absolute atomic E-state index is 13.5. The first-order chi connectivity index (χ1) is 14.9. The highest BCUT2D eigenvalue weighted by atomic mass is 32.2. The fourth-order valence-electron chi connectivity index (χ4n) is 5.78. The van der Waals surface area contributed by atoms with E-state index in [0.29, 0.717) is 25.9 Å². The zero-order valence-electron chi connectivity index (χ0n) is 17.9. The minimum absolute atomic E-state index is 0.0633. The quantitative estimate of drug-likeness (QED) is 0.678. The Morgan fingerprint density at radius 2 is 1.74 bits per heavy atom. The zero-order chi connectivity index (χ0) is 21.6. The largest absolute Gasteiger partial charge is 0.339 e. The van der Waals surface area contributed by atoms with E-state index < -0.39 is 10.0 Å². The number of amides is 1. The third-order valence-electron chi connectivity index (χ3n) is 7.33. The van der Waals surface area contributed by atoms with Crippen molar-refractivity contribution in [2.75, 3.05) is 13.1 Å². The lowest BCUT2D eigenvalue weighted by Gasteiger charge is -2.61. The molecule has 166 valence electrons. The molecule has 2 aromatic heterocycles. The van der Waals surface area contributed by atoms with Gasteiger partial charge in [0.05, 0.1) is 17.8 Å². The number of hydrogen-bond donors (Lipinski definition) is 0. The second-order valence-electron chi connectivity index (χ2n) is 9.12. The van der Waals surface area contributed by atoms with Gasteiger partial charge in [-0.15, -0.1) is 0 Å². The number of hydrogen-bond acceptors (Lipinski definition) is 5. The lowest BCUT2D eigenvalue weighted by Crippen LogP contribution is -2.67. The number of sulfonamides is 1. The van der Waals surface area contributed by atoms with Crippen molar-refractivity contribution in [3.05, 3.63) is 42.6 Å². The topological polar surface area (TPSA) is 88.4 Å². The number of carbonyl (C=O) groups excluding carboxylic acids is 1. The summed E-state index contributed by atoms with van der Waals surface area (Å²) < 4.78 is 29.0. The molecule has 2 saturated heterocycles. The summed E-state index contributed by atoms with van der Waals surface area (Å²) in [7, 11) is -1.84. The molecule has 1 atom stereocenters. The van der Waals surface area contributed by atoms with Crippen molar-refractivity contribution in [2.24, 2.45) is 12.5 Å². The highest BCUT2D eigenvalue weighted by Crippen LogP contribution is 2.59. The van der Waals surface area contributed by atoms with E-state index in [1.165, 1.54) is 23.3 Å². The molecule has 5 rings (SSSR count). The van der Waals surface area contributed by atoms with Crippen LogP contribution in [-0.2, 0) is 21.9 Å². The van der Waals surface area contributed by atoms with Gasteiger partial charge in [-0.05, 0) is 43.4 Å². The van der Waals surface area contributed by atoms with Crippen LogP contribution in [0.1, 0.15) is 56.6 Å². The third kappa shape index (κ3) is 3.29. The van der Waals surface area contributed by atoms with Gasteiger partial charge in [0.15, 0.2) is 5.03 Å². The van der Waals surface area contributed by atoms with Crippen molar-refractivity contribution < 1.29 is 13.2 Å². The number of aryl methyl sites for hydroxylation is 1. The second kappa shape index (κ2) is 7.70. The lowest BCUT2D eigenvalue weighted by atomic mass is 9.59. The molecule has 2 aromatic rings. The summed E-state index contributed by atoms with van der Waals surface area (Å²) in [5, 5.41) is 0.0873. The summed E-state index contributed by atoms with van der Waals surface area (Å²) in [6, 6.07) is 4.20. The highest BCUT2D eigenvalue weighted by molar-refractivity contribution is 7.89. The van der Waals surface area contributed by atoms with Crippen LogP contribution in [0.15, 0.2) is 42.1 Å². The summed E-state index contributed by atoms with van der Waals surface area (Å²) in [5.74, 6) is 0.264. The Morgan fingerprint density at radius 1 is 1.06 bits per heavy atom. The van der Waals surface area contributed by atoms with Crippen LogP contribution in [0.2, 0.25) is 0 Å². The minimum Gasteiger partial charge on any atom is -0.339 e. The molecule has 0 radical (unpaired) electrons. The van der Waals surface area contributed by atoms with Crippen molar-refractivity contribution in [2.45, 2.75) is 62.1 Å². The Hall–Kier alpha value is -2.26. The van der Waals surface area contributed by atoms with Crippen molar-refractivity contribution in [3.8, 4) is 0 Å². The number of imidazole rings is 1. The molecule has 3 aliphatic rings. The number of carbonyl (C=O) groups is 1. The highest BCUT2D eigenvalue weighted by Gasteiger charge is 2.62. The molecule has 0 aromatic carbocycles. The van der Waals surface area contributed by atoms with Gasteiger partial charge in [0.1, 0.15) is 0 Å². The van der Waals surface area contributed by atoms with Crippen LogP contribution < -0.4 is 0 Å². The predicted octanol–water partition coefficient (Wildman–Crippen LogP) is 2.50. The fraction of sp³-hybridized carbons (Fsp3) is 0.591. The number of piperidine rings is 1. The Labute approximate surface area is 183 Å². The number of rotatable bonds is 4. The maximum Gasteiger partial charge on any atom is 0.262 e. The Morgan fingerprint density at radius 3 is 2.35 bits per heavy atom. The number of pyridine rings is 1. The Bertz CT molecular complexity index is 1050. The standard InChI is InChI=1S/C22H29N5O3S/c1-25-15-19(24-16-25)31(29,30)26-13-7-18(8-14-26)27-20(17-5-11-23-12-6-17)22(21(27)28)9-3-2-4-10-22/h5-6,11-12,15-16,18,20H,2-4,7-10,13-14H2,1H3. The van der Waals surface area contributed by atoms with Crippen LogP contribution in [-0.4, -0.2) is 57.2 Å².